The lowest BCUT2D eigenvalue weighted by Gasteiger charge is -2.25. The summed E-state index contributed by atoms with van der Waals surface area (Å²) in [5, 5.41) is 0. The minimum absolute atomic E-state index is 0.318. The quantitative estimate of drug-likeness (QED) is 0.614. The highest BCUT2D eigenvalue weighted by molar-refractivity contribution is 5.90. The van der Waals surface area contributed by atoms with Gasteiger partial charge in [0.15, 0.2) is 0 Å². The summed E-state index contributed by atoms with van der Waals surface area (Å²) in [5.74, 6) is -0.318. The van der Waals surface area contributed by atoms with E-state index >= 15 is 0 Å². The van der Waals surface area contributed by atoms with Gasteiger partial charge in [-0.1, -0.05) is 66.7 Å². The first-order chi connectivity index (χ1) is 12.3. The molecule has 0 radical (unpaired) electrons. The number of nitrogens with zero attached hydrogens (tertiary/aromatic N) is 1. The number of hydrogen-bond donors (Lipinski definition) is 0. The summed E-state index contributed by atoms with van der Waals surface area (Å²) in [6, 6.07) is 28.2. The van der Waals surface area contributed by atoms with Crippen molar-refractivity contribution in [3.8, 4) is 0 Å². The van der Waals surface area contributed by atoms with E-state index in [-0.39, 0.29) is 5.97 Å². The maximum absolute atomic E-state index is 11.9. The lowest BCUT2D eigenvalue weighted by Crippen LogP contribution is -2.22. The molecule has 3 heteroatoms. The van der Waals surface area contributed by atoms with Crippen LogP contribution >= 0.6 is 0 Å². The van der Waals surface area contributed by atoms with E-state index in [2.05, 4.69) is 29.2 Å². The van der Waals surface area contributed by atoms with Crippen LogP contribution in [0.1, 0.15) is 21.5 Å². The summed E-state index contributed by atoms with van der Waals surface area (Å²) >= 11 is 0. The van der Waals surface area contributed by atoms with E-state index in [1.165, 1.54) is 18.2 Å². The Kier molecular flexibility index (Phi) is 5.47. The molecule has 3 aromatic carbocycles. The molecule has 3 aromatic rings. The summed E-state index contributed by atoms with van der Waals surface area (Å²) in [6.45, 7) is 1.53. The molecule has 0 bridgehead atoms. The normalized spacial score (nSPS) is 10.3. The Labute approximate surface area is 148 Å². The molecule has 0 aliphatic heterocycles. The minimum atomic E-state index is -0.318. The number of benzene rings is 3. The van der Waals surface area contributed by atoms with E-state index in [0.717, 1.165) is 18.8 Å². The molecule has 0 aliphatic rings. The summed E-state index contributed by atoms with van der Waals surface area (Å²) in [4.78, 5) is 14.1. The van der Waals surface area contributed by atoms with Gasteiger partial charge in [0.25, 0.3) is 0 Å². The standard InChI is InChI=1S/C22H21NO2/c1-25-22(24)20-13-8-14-21(15-20)23(16-18-9-4-2-5-10-18)17-19-11-6-3-7-12-19/h2-15H,16-17H2,1H3. The molecule has 0 heterocycles. The van der Waals surface area contributed by atoms with Gasteiger partial charge >= 0.3 is 5.97 Å². The highest BCUT2D eigenvalue weighted by Gasteiger charge is 2.12. The molecule has 0 unspecified atom stereocenters. The zero-order valence-corrected chi connectivity index (χ0v) is 14.3. The van der Waals surface area contributed by atoms with Gasteiger partial charge in [-0.3, -0.25) is 0 Å². The third-order valence-electron chi connectivity index (χ3n) is 4.06. The van der Waals surface area contributed by atoms with E-state index in [1.807, 2.05) is 54.6 Å². The van der Waals surface area contributed by atoms with E-state index < -0.39 is 0 Å². The minimum Gasteiger partial charge on any atom is -0.465 e. The zero-order valence-electron chi connectivity index (χ0n) is 14.3. The van der Waals surface area contributed by atoms with Crippen molar-refractivity contribution in [2.24, 2.45) is 0 Å². The van der Waals surface area contributed by atoms with Gasteiger partial charge in [-0.2, -0.15) is 0 Å². The Bertz CT molecular complexity index is 774. The Balaban J connectivity index is 1.91. The van der Waals surface area contributed by atoms with Crippen LogP contribution in [0.2, 0.25) is 0 Å². The fourth-order valence-corrected chi connectivity index (χ4v) is 2.79. The van der Waals surface area contributed by atoms with Crippen LogP contribution in [0, 0.1) is 0 Å². The van der Waals surface area contributed by atoms with Crippen molar-refractivity contribution in [1.29, 1.82) is 0 Å². The Morgan fingerprint density at radius 2 is 1.36 bits per heavy atom. The van der Waals surface area contributed by atoms with Crippen molar-refractivity contribution in [3.63, 3.8) is 0 Å². The molecule has 0 N–H and O–H groups in total. The molecular formula is C22H21NO2. The zero-order chi connectivity index (χ0) is 17.5. The first kappa shape index (κ1) is 16.8. The lowest BCUT2D eigenvalue weighted by atomic mass is 10.1. The van der Waals surface area contributed by atoms with Gasteiger partial charge in [0.2, 0.25) is 0 Å². The maximum atomic E-state index is 11.9. The predicted molar refractivity (Wildman–Crippen MR) is 101 cm³/mol. The van der Waals surface area contributed by atoms with Crippen molar-refractivity contribution < 1.29 is 9.53 Å². The number of esters is 1. The predicted octanol–water partition coefficient (Wildman–Crippen LogP) is 4.68. The first-order valence-corrected chi connectivity index (χ1v) is 8.27. The first-order valence-electron chi connectivity index (χ1n) is 8.27. The lowest BCUT2D eigenvalue weighted by molar-refractivity contribution is 0.0601. The third-order valence-corrected chi connectivity index (χ3v) is 4.06. The number of rotatable bonds is 6. The largest absolute Gasteiger partial charge is 0.465 e. The number of ether oxygens (including phenoxy) is 1. The van der Waals surface area contributed by atoms with Crippen molar-refractivity contribution in [2.45, 2.75) is 13.1 Å². The molecule has 3 nitrogen and oxygen atoms in total. The maximum Gasteiger partial charge on any atom is 0.337 e. The van der Waals surface area contributed by atoms with Crippen LogP contribution in [-0.2, 0) is 17.8 Å². The molecule has 25 heavy (non-hydrogen) atoms. The molecule has 0 aliphatic carbocycles. The number of carbonyl (C=O) groups is 1. The molecule has 0 spiro atoms. The molecule has 0 saturated heterocycles. The Hall–Kier alpha value is -3.07. The van der Waals surface area contributed by atoms with E-state index in [1.54, 1.807) is 6.07 Å². The van der Waals surface area contributed by atoms with Gasteiger partial charge in [0.05, 0.1) is 12.7 Å². The number of anilines is 1. The second kappa shape index (κ2) is 8.15. The molecule has 0 aromatic heterocycles. The fourth-order valence-electron chi connectivity index (χ4n) is 2.79. The van der Waals surface area contributed by atoms with Crippen molar-refractivity contribution in [2.75, 3.05) is 12.0 Å². The van der Waals surface area contributed by atoms with Gasteiger partial charge in [-0.05, 0) is 29.3 Å². The molecule has 126 valence electrons. The van der Waals surface area contributed by atoms with Crippen LogP contribution in [0.5, 0.6) is 0 Å². The Morgan fingerprint density at radius 3 is 1.88 bits per heavy atom. The monoisotopic (exact) mass is 331 g/mol. The second-order valence-electron chi connectivity index (χ2n) is 5.87. The van der Waals surface area contributed by atoms with Gasteiger partial charge < -0.3 is 9.64 Å². The number of methoxy groups -OCH3 is 1. The van der Waals surface area contributed by atoms with Crippen LogP contribution in [0.15, 0.2) is 84.9 Å². The summed E-state index contributed by atoms with van der Waals surface area (Å²) in [6.07, 6.45) is 0. The summed E-state index contributed by atoms with van der Waals surface area (Å²) in [7, 11) is 1.40. The van der Waals surface area contributed by atoms with Crippen LogP contribution in [0.4, 0.5) is 5.69 Å². The van der Waals surface area contributed by atoms with Crippen LogP contribution in [0.3, 0.4) is 0 Å². The molecule has 3 rings (SSSR count). The summed E-state index contributed by atoms with van der Waals surface area (Å²) < 4.78 is 4.85. The molecule has 0 fully saturated rings. The van der Waals surface area contributed by atoms with Crippen LogP contribution in [0.25, 0.3) is 0 Å². The van der Waals surface area contributed by atoms with Gasteiger partial charge in [-0.25, -0.2) is 4.79 Å². The fraction of sp³-hybridized carbons (Fsp3) is 0.136. The van der Waals surface area contributed by atoms with Gasteiger partial charge in [0.1, 0.15) is 0 Å². The van der Waals surface area contributed by atoms with Crippen molar-refractivity contribution in [3.05, 3.63) is 102 Å². The molecule has 0 atom stereocenters. The number of hydrogen-bond acceptors (Lipinski definition) is 3. The third kappa shape index (κ3) is 4.48. The topological polar surface area (TPSA) is 29.5 Å². The smallest absolute Gasteiger partial charge is 0.337 e. The van der Waals surface area contributed by atoms with Crippen LogP contribution < -0.4 is 4.90 Å². The van der Waals surface area contributed by atoms with E-state index in [4.69, 9.17) is 4.74 Å². The van der Waals surface area contributed by atoms with E-state index in [0.29, 0.717) is 5.56 Å². The highest BCUT2D eigenvalue weighted by Crippen LogP contribution is 2.22. The van der Waals surface area contributed by atoms with E-state index in [9.17, 15) is 4.79 Å². The van der Waals surface area contributed by atoms with Crippen LogP contribution in [-0.4, -0.2) is 13.1 Å². The van der Waals surface area contributed by atoms with Gasteiger partial charge in [-0.15, -0.1) is 0 Å². The summed E-state index contributed by atoms with van der Waals surface area (Å²) in [5.41, 5.74) is 4.01. The second-order valence-corrected chi connectivity index (χ2v) is 5.87. The molecule has 0 amide bonds. The van der Waals surface area contributed by atoms with Crippen molar-refractivity contribution >= 4 is 11.7 Å². The molecule has 0 saturated carbocycles. The van der Waals surface area contributed by atoms with Gasteiger partial charge in [0, 0.05) is 18.8 Å². The highest BCUT2D eigenvalue weighted by atomic mass is 16.5. The average Bonchev–Trinajstić information content (AvgIpc) is 2.68. The molecular weight excluding hydrogens is 310 g/mol. The number of carbonyl (C=O) groups excluding carboxylic acids is 1. The average molecular weight is 331 g/mol. The SMILES string of the molecule is COC(=O)c1cccc(N(Cc2ccccc2)Cc2ccccc2)c1. The Morgan fingerprint density at radius 1 is 0.800 bits per heavy atom. The van der Waals surface area contributed by atoms with Crippen molar-refractivity contribution in [1.82, 2.24) is 0 Å².